The van der Waals surface area contributed by atoms with Gasteiger partial charge in [0.15, 0.2) is 0 Å². The summed E-state index contributed by atoms with van der Waals surface area (Å²) in [6.45, 7) is 0.444. The van der Waals surface area contributed by atoms with E-state index < -0.39 is 0 Å². The first-order valence-electron chi connectivity index (χ1n) is 4.67. The van der Waals surface area contributed by atoms with E-state index >= 15 is 0 Å². The largest absolute Gasteiger partial charge is 0.466 e. The van der Waals surface area contributed by atoms with E-state index in [9.17, 15) is 9.18 Å². The van der Waals surface area contributed by atoms with E-state index in [1.54, 1.807) is 6.07 Å². The second-order valence-electron chi connectivity index (χ2n) is 3.47. The molecule has 14 heavy (non-hydrogen) atoms. The topological polar surface area (TPSA) is 26.3 Å². The van der Waals surface area contributed by atoms with Crippen LogP contribution in [0.2, 0.25) is 0 Å². The van der Waals surface area contributed by atoms with Gasteiger partial charge in [-0.05, 0) is 30.0 Å². The maximum Gasteiger partial charge on any atom is 0.306 e. The summed E-state index contributed by atoms with van der Waals surface area (Å²) in [5, 5.41) is 0. The van der Waals surface area contributed by atoms with Crippen molar-refractivity contribution in [2.45, 2.75) is 18.8 Å². The fourth-order valence-corrected chi connectivity index (χ4v) is 1.72. The van der Waals surface area contributed by atoms with Gasteiger partial charge < -0.3 is 4.74 Å². The molecule has 0 aliphatic carbocycles. The van der Waals surface area contributed by atoms with Gasteiger partial charge in [0.25, 0.3) is 0 Å². The lowest BCUT2D eigenvalue weighted by Crippen LogP contribution is -2.19. The summed E-state index contributed by atoms with van der Waals surface area (Å²) in [6.07, 6.45) is 1.15. The minimum atomic E-state index is -0.249. The quantitative estimate of drug-likeness (QED) is 0.641. The van der Waals surface area contributed by atoms with Crippen molar-refractivity contribution in [1.82, 2.24) is 0 Å². The van der Waals surface area contributed by atoms with Gasteiger partial charge in [-0.15, -0.1) is 0 Å². The van der Waals surface area contributed by atoms with E-state index in [0.717, 1.165) is 12.0 Å². The number of carbonyl (C=O) groups is 1. The van der Waals surface area contributed by atoms with Crippen LogP contribution >= 0.6 is 0 Å². The lowest BCUT2D eigenvalue weighted by Gasteiger charge is -2.21. The number of esters is 1. The summed E-state index contributed by atoms with van der Waals surface area (Å²) < 4.78 is 17.7. The molecule has 74 valence electrons. The van der Waals surface area contributed by atoms with Crippen molar-refractivity contribution in [3.63, 3.8) is 0 Å². The van der Waals surface area contributed by atoms with E-state index in [1.165, 1.54) is 12.1 Å². The Balaban J connectivity index is 2.17. The van der Waals surface area contributed by atoms with Crippen molar-refractivity contribution in [3.05, 3.63) is 35.6 Å². The first-order valence-corrected chi connectivity index (χ1v) is 4.67. The van der Waals surface area contributed by atoms with Crippen molar-refractivity contribution in [3.8, 4) is 0 Å². The zero-order valence-electron chi connectivity index (χ0n) is 7.70. The molecule has 0 N–H and O–H groups in total. The van der Waals surface area contributed by atoms with Gasteiger partial charge in [0, 0.05) is 0 Å². The van der Waals surface area contributed by atoms with Crippen LogP contribution in [0.4, 0.5) is 4.39 Å². The molecule has 0 saturated carbocycles. The summed E-state index contributed by atoms with van der Waals surface area (Å²) in [5.74, 6) is -0.320. The number of hydrogen-bond acceptors (Lipinski definition) is 2. The molecule has 1 aromatic rings. The number of ether oxygens (including phenoxy) is 1. The van der Waals surface area contributed by atoms with Gasteiger partial charge in [0.1, 0.15) is 5.82 Å². The number of halogens is 1. The summed E-state index contributed by atoms with van der Waals surface area (Å²) in [6, 6.07) is 6.42. The van der Waals surface area contributed by atoms with Crippen LogP contribution in [0.3, 0.4) is 0 Å². The number of cyclic esters (lactones) is 1. The van der Waals surface area contributed by atoms with Gasteiger partial charge in [-0.2, -0.15) is 0 Å². The van der Waals surface area contributed by atoms with Crippen molar-refractivity contribution >= 4 is 5.97 Å². The lowest BCUT2D eigenvalue weighted by atomic mass is 9.91. The predicted octanol–water partition coefficient (Wildman–Crippen LogP) is 2.25. The average Bonchev–Trinajstić information content (AvgIpc) is 2.18. The van der Waals surface area contributed by atoms with Crippen LogP contribution in [0.1, 0.15) is 24.3 Å². The van der Waals surface area contributed by atoms with Crippen molar-refractivity contribution in [1.29, 1.82) is 0 Å². The fourth-order valence-electron chi connectivity index (χ4n) is 1.72. The molecule has 1 saturated heterocycles. The maximum absolute atomic E-state index is 12.9. The summed E-state index contributed by atoms with van der Waals surface area (Å²) >= 11 is 0. The van der Waals surface area contributed by atoms with Gasteiger partial charge >= 0.3 is 5.97 Å². The lowest BCUT2D eigenvalue weighted by molar-refractivity contribution is -0.147. The van der Waals surface area contributed by atoms with E-state index in [4.69, 9.17) is 4.74 Å². The molecular weight excluding hydrogens is 183 g/mol. The second kappa shape index (κ2) is 3.78. The van der Waals surface area contributed by atoms with Crippen LogP contribution in [0.5, 0.6) is 0 Å². The molecule has 1 heterocycles. The molecule has 0 spiro atoms. The van der Waals surface area contributed by atoms with Gasteiger partial charge in [-0.1, -0.05) is 12.1 Å². The molecule has 0 aromatic heterocycles. The molecule has 1 fully saturated rings. The number of rotatable bonds is 1. The summed E-state index contributed by atoms with van der Waals surface area (Å²) in [5.41, 5.74) is 0.890. The Bertz CT molecular complexity index is 349. The third-order valence-corrected chi connectivity index (χ3v) is 2.46. The van der Waals surface area contributed by atoms with Crippen molar-refractivity contribution in [2.75, 3.05) is 6.61 Å². The highest BCUT2D eigenvalue weighted by Crippen LogP contribution is 2.27. The van der Waals surface area contributed by atoms with Crippen molar-refractivity contribution in [2.24, 2.45) is 0 Å². The molecule has 1 aliphatic rings. The third-order valence-electron chi connectivity index (χ3n) is 2.46. The summed E-state index contributed by atoms with van der Waals surface area (Å²) in [7, 11) is 0. The Morgan fingerprint density at radius 2 is 2.29 bits per heavy atom. The molecule has 0 radical (unpaired) electrons. The smallest absolute Gasteiger partial charge is 0.306 e. The molecule has 1 aromatic carbocycles. The Hall–Kier alpha value is -1.38. The first-order chi connectivity index (χ1) is 6.75. The van der Waals surface area contributed by atoms with Crippen LogP contribution in [0.15, 0.2) is 24.3 Å². The molecule has 2 nitrogen and oxygen atoms in total. The number of carbonyl (C=O) groups excluding carboxylic acids is 1. The van der Waals surface area contributed by atoms with Crippen LogP contribution in [0.25, 0.3) is 0 Å². The molecule has 1 unspecified atom stereocenters. The number of benzene rings is 1. The molecule has 3 heteroatoms. The molecule has 1 aliphatic heterocycles. The zero-order valence-corrected chi connectivity index (χ0v) is 7.70. The van der Waals surface area contributed by atoms with Gasteiger partial charge in [-0.3, -0.25) is 4.79 Å². The Labute approximate surface area is 81.7 Å². The Morgan fingerprint density at radius 1 is 1.43 bits per heavy atom. The minimum absolute atomic E-state index is 0.118. The van der Waals surface area contributed by atoms with E-state index in [-0.39, 0.29) is 17.7 Å². The molecule has 1 atom stereocenters. The summed E-state index contributed by atoms with van der Waals surface area (Å²) in [4.78, 5) is 11.0. The minimum Gasteiger partial charge on any atom is -0.466 e. The van der Waals surface area contributed by atoms with Crippen LogP contribution in [-0.4, -0.2) is 12.6 Å². The van der Waals surface area contributed by atoms with E-state index in [1.807, 2.05) is 6.07 Å². The normalized spacial score (nSPS) is 21.8. The SMILES string of the molecule is O=C1CC(c2cccc(F)c2)CCO1. The molecule has 0 bridgehead atoms. The highest BCUT2D eigenvalue weighted by Gasteiger charge is 2.22. The standard InChI is InChI=1S/C11H11FO2/c12-10-3-1-2-8(6-10)9-4-5-14-11(13)7-9/h1-3,6,9H,4-5,7H2. The zero-order chi connectivity index (χ0) is 9.97. The Morgan fingerprint density at radius 3 is 3.00 bits per heavy atom. The molecule has 2 rings (SSSR count). The highest BCUT2D eigenvalue weighted by molar-refractivity contribution is 5.71. The predicted molar refractivity (Wildman–Crippen MR) is 49.3 cm³/mol. The maximum atomic E-state index is 12.9. The highest BCUT2D eigenvalue weighted by atomic mass is 19.1. The van der Waals surface area contributed by atoms with E-state index in [2.05, 4.69) is 0 Å². The first kappa shape index (κ1) is 9.19. The Kier molecular flexibility index (Phi) is 2.48. The third kappa shape index (κ3) is 1.92. The second-order valence-corrected chi connectivity index (χ2v) is 3.47. The fraction of sp³-hybridized carbons (Fsp3) is 0.364. The monoisotopic (exact) mass is 194 g/mol. The number of hydrogen-bond donors (Lipinski definition) is 0. The van der Waals surface area contributed by atoms with Gasteiger partial charge in [0.2, 0.25) is 0 Å². The van der Waals surface area contributed by atoms with Crippen LogP contribution in [-0.2, 0) is 9.53 Å². The van der Waals surface area contributed by atoms with Gasteiger partial charge in [-0.25, -0.2) is 4.39 Å². The van der Waals surface area contributed by atoms with Crippen LogP contribution < -0.4 is 0 Å². The average molecular weight is 194 g/mol. The van der Waals surface area contributed by atoms with Crippen molar-refractivity contribution < 1.29 is 13.9 Å². The molecular formula is C11H11FO2. The van der Waals surface area contributed by atoms with Gasteiger partial charge in [0.05, 0.1) is 13.0 Å². The van der Waals surface area contributed by atoms with Crippen LogP contribution in [0, 0.1) is 5.82 Å². The van der Waals surface area contributed by atoms with E-state index in [0.29, 0.717) is 13.0 Å². The molecule has 0 amide bonds.